The Morgan fingerprint density at radius 1 is 0.929 bits per heavy atom. The lowest BCUT2D eigenvalue weighted by Crippen LogP contribution is -2.57. The standard InChI is InChI=1S/C23H25FO4/c1-21(2)9-15(25)19-16(10-21)28-23(17(26)11-22(3,4)12-18(23)27)20(19)13-6-5-7-14(24)8-13/h5-8,20H,9-12H2,1-4H3/t20-/m1/s1. The zero-order valence-electron chi connectivity index (χ0n) is 16.7. The monoisotopic (exact) mass is 384 g/mol. The lowest BCUT2D eigenvalue weighted by atomic mass is 9.61. The van der Waals surface area contributed by atoms with Crippen molar-refractivity contribution in [2.24, 2.45) is 10.8 Å². The van der Waals surface area contributed by atoms with Crippen molar-refractivity contribution in [1.82, 2.24) is 0 Å². The van der Waals surface area contributed by atoms with Crippen molar-refractivity contribution in [3.8, 4) is 0 Å². The van der Waals surface area contributed by atoms with E-state index < -0.39 is 22.8 Å². The molecule has 5 heteroatoms. The Morgan fingerprint density at radius 2 is 1.54 bits per heavy atom. The highest BCUT2D eigenvalue weighted by molar-refractivity contribution is 6.17. The molecule has 0 N–H and O–H groups in total. The fourth-order valence-electron chi connectivity index (χ4n) is 5.02. The lowest BCUT2D eigenvalue weighted by Gasteiger charge is -2.41. The summed E-state index contributed by atoms with van der Waals surface area (Å²) in [6.07, 6.45) is 1.15. The third kappa shape index (κ3) is 2.75. The van der Waals surface area contributed by atoms with E-state index in [2.05, 4.69) is 0 Å². The van der Waals surface area contributed by atoms with E-state index in [1.807, 2.05) is 27.7 Å². The van der Waals surface area contributed by atoms with Crippen LogP contribution in [-0.2, 0) is 19.1 Å². The van der Waals surface area contributed by atoms with Crippen molar-refractivity contribution in [2.45, 2.75) is 64.9 Å². The highest BCUT2D eigenvalue weighted by Crippen LogP contribution is 2.57. The van der Waals surface area contributed by atoms with Crippen molar-refractivity contribution in [3.63, 3.8) is 0 Å². The maximum Gasteiger partial charge on any atom is 0.234 e. The minimum Gasteiger partial charge on any atom is -0.474 e. The number of ether oxygens (including phenoxy) is 1. The van der Waals surface area contributed by atoms with Gasteiger partial charge >= 0.3 is 0 Å². The number of halogens is 1. The van der Waals surface area contributed by atoms with Crippen LogP contribution in [0.3, 0.4) is 0 Å². The number of Topliss-reactive ketones (excluding diaryl/α,β-unsaturated/α-hetero) is 3. The Hall–Kier alpha value is -2.30. The predicted molar refractivity (Wildman–Crippen MR) is 101 cm³/mol. The van der Waals surface area contributed by atoms with E-state index in [1.165, 1.54) is 18.2 Å². The Bertz CT molecular complexity index is 918. The third-order valence-electron chi connectivity index (χ3n) is 6.15. The van der Waals surface area contributed by atoms with Gasteiger partial charge in [-0.05, 0) is 28.5 Å². The molecule has 4 nitrogen and oxygen atoms in total. The average Bonchev–Trinajstić information content (AvgIpc) is 2.87. The van der Waals surface area contributed by atoms with Crippen LogP contribution >= 0.6 is 0 Å². The summed E-state index contributed by atoms with van der Waals surface area (Å²) >= 11 is 0. The molecule has 1 atom stereocenters. The summed E-state index contributed by atoms with van der Waals surface area (Å²) in [4.78, 5) is 39.8. The number of allylic oxidation sites excluding steroid dienone is 1. The molecule has 28 heavy (non-hydrogen) atoms. The van der Waals surface area contributed by atoms with Crippen molar-refractivity contribution in [3.05, 3.63) is 47.0 Å². The topological polar surface area (TPSA) is 60.4 Å². The van der Waals surface area contributed by atoms with Crippen molar-refractivity contribution in [1.29, 1.82) is 0 Å². The van der Waals surface area contributed by atoms with Gasteiger partial charge in [0, 0.05) is 31.3 Å². The first-order valence-electron chi connectivity index (χ1n) is 9.73. The number of hydrogen-bond acceptors (Lipinski definition) is 4. The molecule has 1 spiro atoms. The zero-order chi connectivity index (χ0) is 20.5. The third-order valence-corrected chi connectivity index (χ3v) is 6.15. The molecule has 1 saturated carbocycles. The second-order valence-corrected chi connectivity index (χ2v) is 9.97. The maximum absolute atomic E-state index is 14.0. The summed E-state index contributed by atoms with van der Waals surface area (Å²) in [5, 5.41) is 0. The second-order valence-electron chi connectivity index (χ2n) is 9.97. The molecule has 2 aliphatic carbocycles. The van der Waals surface area contributed by atoms with E-state index in [0.717, 1.165) is 0 Å². The molecule has 0 bridgehead atoms. The Morgan fingerprint density at radius 3 is 2.14 bits per heavy atom. The van der Waals surface area contributed by atoms with Crippen LogP contribution in [0.2, 0.25) is 0 Å². The number of ketones is 3. The van der Waals surface area contributed by atoms with E-state index in [4.69, 9.17) is 4.74 Å². The minimum absolute atomic E-state index is 0.122. The molecule has 1 aliphatic heterocycles. The van der Waals surface area contributed by atoms with Crippen molar-refractivity contribution < 1.29 is 23.5 Å². The fourth-order valence-corrected chi connectivity index (χ4v) is 5.02. The first-order valence-corrected chi connectivity index (χ1v) is 9.73. The summed E-state index contributed by atoms with van der Waals surface area (Å²) in [6.45, 7) is 7.69. The van der Waals surface area contributed by atoms with Crippen LogP contribution in [0.15, 0.2) is 35.6 Å². The molecule has 1 fully saturated rings. The van der Waals surface area contributed by atoms with Gasteiger partial charge in [0.1, 0.15) is 11.6 Å². The van der Waals surface area contributed by atoms with Crippen LogP contribution in [0.1, 0.15) is 64.9 Å². The van der Waals surface area contributed by atoms with E-state index in [-0.39, 0.29) is 35.6 Å². The normalized spacial score (nSPS) is 27.8. The summed E-state index contributed by atoms with van der Waals surface area (Å²) in [6, 6.07) is 5.82. The SMILES string of the molecule is CC1(C)CC(=O)C2(OC3=C(C(=O)CC(C)(C)C3)[C@H]2c2cccc(F)c2)C(=O)C1. The van der Waals surface area contributed by atoms with Crippen molar-refractivity contribution >= 4 is 17.3 Å². The van der Waals surface area contributed by atoms with E-state index in [0.29, 0.717) is 29.7 Å². The molecule has 0 aromatic heterocycles. The molecular weight excluding hydrogens is 359 g/mol. The van der Waals surface area contributed by atoms with Crippen molar-refractivity contribution in [2.75, 3.05) is 0 Å². The number of benzene rings is 1. The molecule has 4 rings (SSSR count). The number of carbonyl (C=O) groups is 3. The van der Waals surface area contributed by atoms with Crippen LogP contribution in [0.5, 0.6) is 0 Å². The summed E-state index contributed by atoms with van der Waals surface area (Å²) in [7, 11) is 0. The molecule has 1 aromatic rings. The molecule has 0 radical (unpaired) electrons. The van der Waals surface area contributed by atoms with E-state index >= 15 is 0 Å². The summed E-state index contributed by atoms with van der Waals surface area (Å²) < 4.78 is 20.2. The van der Waals surface area contributed by atoms with Crippen LogP contribution in [0.25, 0.3) is 0 Å². The van der Waals surface area contributed by atoms with Gasteiger partial charge < -0.3 is 4.74 Å². The quantitative estimate of drug-likeness (QED) is 0.678. The van der Waals surface area contributed by atoms with Gasteiger partial charge in [0.05, 0.1) is 5.92 Å². The largest absolute Gasteiger partial charge is 0.474 e. The molecule has 1 heterocycles. The molecule has 0 unspecified atom stereocenters. The molecule has 148 valence electrons. The lowest BCUT2D eigenvalue weighted by molar-refractivity contribution is -0.160. The molecular formula is C23H25FO4. The Kier molecular flexibility index (Phi) is 3.98. The first-order chi connectivity index (χ1) is 13.0. The number of carbonyl (C=O) groups excluding carboxylic acids is 3. The van der Waals surface area contributed by atoms with Gasteiger partial charge in [-0.25, -0.2) is 4.39 Å². The molecule has 0 amide bonds. The van der Waals surface area contributed by atoms with Crippen LogP contribution in [-0.4, -0.2) is 23.0 Å². The minimum atomic E-state index is -1.75. The summed E-state index contributed by atoms with van der Waals surface area (Å²) in [5.41, 5.74) is -1.69. The first kappa shape index (κ1) is 19.0. The van der Waals surface area contributed by atoms with Gasteiger partial charge in [0.2, 0.25) is 5.60 Å². The highest BCUT2D eigenvalue weighted by atomic mass is 19.1. The van der Waals surface area contributed by atoms with Gasteiger partial charge in [-0.15, -0.1) is 0 Å². The molecule has 3 aliphatic rings. The number of hydrogen-bond donors (Lipinski definition) is 0. The average molecular weight is 384 g/mol. The van der Waals surface area contributed by atoms with Gasteiger partial charge in [0.25, 0.3) is 0 Å². The highest BCUT2D eigenvalue weighted by Gasteiger charge is 2.65. The smallest absolute Gasteiger partial charge is 0.234 e. The van der Waals surface area contributed by atoms with Gasteiger partial charge in [-0.2, -0.15) is 0 Å². The number of rotatable bonds is 1. The van der Waals surface area contributed by atoms with Gasteiger partial charge in [-0.3, -0.25) is 14.4 Å². The van der Waals surface area contributed by atoms with Gasteiger partial charge in [0.15, 0.2) is 17.3 Å². The maximum atomic E-state index is 14.0. The Labute approximate surface area is 164 Å². The summed E-state index contributed by atoms with van der Waals surface area (Å²) in [5.74, 6) is -1.68. The van der Waals surface area contributed by atoms with Gasteiger partial charge in [-0.1, -0.05) is 39.8 Å². The van der Waals surface area contributed by atoms with Crippen LogP contribution in [0.4, 0.5) is 4.39 Å². The van der Waals surface area contributed by atoms with E-state index in [9.17, 15) is 18.8 Å². The Balaban J connectivity index is 1.92. The predicted octanol–water partition coefficient (Wildman–Crippen LogP) is 4.28. The van der Waals surface area contributed by atoms with E-state index in [1.54, 1.807) is 6.07 Å². The fraction of sp³-hybridized carbons (Fsp3) is 0.522. The van der Waals surface area contributed by atoms with Crippen LogP contribution in [0, 0.1) is 16.6 Å². The van der Waals surface area contributed by atoms with Crippen LogP contribution < -0.4 is 0 Å². The molecule has 1 aromatic carbocycles. The zero-order valence-corrected chi connectivity index (χ0v) is 16.7. The molecule has 0 saturated heterocycles. The second kappa shape index (κ2) is 5.85.